The minimum atomic E-state index is -4.64. The molecule has 1 aromatic carbocycles. The molecule has 0 aromatic heterocycles. The highest BCUT2D eigenvalue weighted by atomic mass is 19.4. The van der Waals surface area contributed by atoms with Gasteiger partial charge in [-0.25, -0.2) is 4.39 Å². The van der Waals surface area contributed by atoms with E-state index < -0.39 is 48.0 Å². The number of anilines is 1. The summed E-state index contributed by atoms with van der Waals surface area (Å²) in [6.07, 6.45) is -5.60. The predicted octanol–water partition coefficient (Wildman–Crippen LogP) is 0.0552. The number of piperazine rings is 1. The molecule has 0 saturated carbocycles. The van der Waals surface area contributed by atoms with E-state index in [1.54, 1.807) is 0 Å². The Hall–Kier alpha value is -3.39. The number of hydrogen-bond acceptors (Lipinski definition) is 8. The van der Waals surface area contributed by atoms with Gasteiger partial charge in [-0.1, -0.05) is 0 Å². The Balaban J connectivity index is 0.000000509. The molecule has 0 spiro atoms. The van der Waals surface area contributed by atoms with E-state index in [2.05, 4.69) is 10.2 Å². The van der Waals surface area contributed by atoms with Crippen LogP contribution in [0.5, 0.6) is 0 Å². The van der Waals surface area contributed by atoms with Gasteiger partial charge < -0.3 is 10.6 Å². The van der Waals surface area contributed by atoms with Crippen molar-refractivity contribution in [3.8, 4) is 0 Å². The monoisotopic (exact) mass is 501 g/mol. The van der Waals surface area contributed by atoms with E-state index in [-0.39, 0.29) is 29.7 Å². The molecule has 1 aromatic rings. The fraction of sp³-hybridized carbons (Fsp3) is 0.476. The van der Waals surface area contributed by atoms with Crippen LogP contribution in [0.1, 0.15) is 33.6 Å². The van der Waals surface area contributed by atoms with Gasteiger partial charge in [0.2, 0.25) is 18.1 Å². The van der Waals surface area contributed by atoms with Gasteiger partial charge in [0, 0.05) is 45.7 Å². The van der Waals surface area contributed by atoms with E-state index in [0.717, 1.165) is 30.6 Å². The third kappa shape index (κ3) is 5.82. The summed E-state index contributed by atoms with van der Waals surface area (Å²) in [6, 6.07) is 1.41. The summed E-state index contributed by atoms with van der Waals surface area (Å²) in [5.74, 6) is -3.06. The summed E-state index contributed by atoms with van der Waals surface area (Å²) in [5, 5.41) is 2.14. The maximum absolute atomic E-state index is 14.8. The largest absolute Gasteiger partial charge is 0.446 e. The third-order valence-electron chi connectivity index (χ3n) is 5.80. The minimum Gasteiger partial charge on any atom is -0.367 e. The van der Waals surface area contributed by atoms with Gasteiger partial charge in [0.05, 0.1) is 16.8 Å². The summed E-state index contributed by atoms with van der Waals surface area (Å²) >= 11 is 0. The Kier molecular flexibility index (Phi) is 7.85. The first-order chi connectivity index (χ1) is 16.5. The number of fused-ring (bicyclic) bond motifs is 1. The molecule has 35 heavy (non-hydrogen) atoms. The van der Waals surface area contributed by atoms with Crippen LogP contribution in [0.2, 0.25) is 0 Å². The van der Waals surface area contributed by atoms with Gasteiger partial charge in [0.15, 0.2) is 0 Å². The van der Waals surface area contributed by atoms with Gasteiger partial charge >= 0.3 is 6.18 Å². The maximum Gasteiger partial charge on any atom is 0.446 e. The molecule has 0 bridgehead atoms. The zero-order chi connectivity index (χ0) is 25.9. The first-order valence-corrected chi connectivity index (χ1v) is 10.7. The van der Waals surface area contributed by atoms with Crippen molar-refractivity contribution in [1.29, 1.82) is 0 Å². The van der Waals surface area contributed by atoms with Crippen molar-refractivity contribution in [2.45, 2.75) is 25.1 Å². The number of halogens is 4. The number of alkyl halides is 3. The highest BCUT2D eigenvalue weighted by Gasteiger charge is 2.45. The fourth-order valence-electron chi connectivity index (χ4n) is 4.12. The number of hydrogen-bond donors (Lipinski definition) is 2. The second kappa shape index (κ2) is 10.5. The Labute approximate surface area is 197 Å². The van der Waals surface area contributed by atoms with Crippen LogP contribution in [0.25, 0.3) is 0 Å². The molecule has 1 unspecified atom stereocenters. The number of piperidine rings is 1. The molecular formula is C21H23F4N5O5. The highest BCUT2D eigenvalue weighted by molar-refractivity contribution is 6.23. The summed E-state index contributed by atoms with van der Waals surface area (Å²) in [6.45, 7) is 3.93. The van der Waals surface area contributed by atoms with Crippen LogP contribution in [0.4, 0.5) is 23.2 Å². The molecule has 4 amide bonds. The zero-order valence-electron chi connectivity index (χ0n) is 18.4. The van der Waals surface area contributed by atoms with E-state index in [0.29, 0.717) is 19.6 Å². The van der Waals surface area contributed by atoms with Crippen molar-refractivity contribution in [3.63, 3.8) is 0 Å². The third-order valence-corrected chi connectivity index (χ3v) is 5.80. The number of aldehydes is 1. The fourth-order valence-corrected chi connectivity index (χ4v) is 4.12. The number of nitrogens with one attached hydrogen (secondary N) is 1. The molecule has 3 heterocycles. The highest BCUT2D eigenvalue weighted by Crippen LogP contribution is 2.33. The van der Waals surface area contributed by atoms with Crippen LogP contribution in [-0.2, 0) is 14.4 Å². The molecule has 3 aliphatic heterocycles. The van der Waals surface area contributed by atoms with E-state index in [1.165, 1.54) is 6.07 Å². The van der Waals surface area contributed by atoms with Crippen molar-refractivity contribution < 1.29 is 41.5 Å². The van der Waals surface area contributed by atoms with Crippen molar-refractivity contribution >= 4 is 35.6 Å². The van der Waals surface area contributed by atoms with Crippen LogP contribution in [0.15, 0.2) is 12.1 Å². The lowest BCUT2D eigenvalue weighted by molar-refractivity contribution is -0.156. The molecule has 0 radical (unpaired) electrons. The zero-order valence-corrected chi connectivity index (χ0v) is 18.4. The van der Waals surface area contributed by atoms with Crippen molar-refractivity contribution in [3.05, 3.63) is 29.1 Å². The predicted molar refractivity (Wildman–Crippen MR) is 113 cm³/mol. The number of rotatable bonds is 4. The lowest BCUT2D eigenvalue weighted by Gasteiger charge is -2.36. The lowest BCUT2D eigenvalue weighted by Crippen LogP contribution is -2.54. The topological polar surface area (TPSA) is 133 Å². The van der Waals surface area contributed by atoms with Crippen LogP contribution in [0.3, 0.4) is 0 Å². The SMILES string of the molecule is NCCN1CCN(c2cc3c(cc2F)C(=O)N(C2CCC(=O)NC2=O)C3=O)CC1.O=CC(F)(F)F. The maximum atomic E-state index is 14.8. The molecule has 3 N–H and O–H groups in total. The standard InChI is InChI=1S/C19H22FN5O4.C2HF3O/c20-13-9-11-12(10-15(13)24-7-5-23(4-3-21)6-8-24)19(29)25(18(11)28)14-1-2-16(26)22-17(14)27;3-2(4,5)1-6/h9-10,14H,1-8,21H2,(H,22,26,27);1H. The quantitative estimate of drug-likeness (QED) is 0.336. The second-order valence-electron chi connectivity index (χ2n) is 8.07. The van der Waals surface area contributed by atoms with Gasteiger partial charge in [-0.05, 0) is 18.6 Å². The van der Waals surface area contributed by atoms with E-state index in [1.807, 2.05) is 4.90 Å². The number of nitrogens with zero attached hydrogens (tertiary/aromatic N) is 3. The van der Waals surface area contributed by atoms with Crippen molar-refractivity contribution in [2.24, 2.45) is 5.73 Å². The molecule has 4 rings (SSSR count). The lowest BCUT2D eigenvalue weighted by atomic mass is 10.0. The summed E-state index contributed by atoms with van der Waals surface area (Å²) in [7, 11) is 0. The van der Waals surface area contributed by atoms with Crippen LogP contribution in [-0.4, -0.2) is 91.2 Å². The van der Waals surface area contributed by atoms with Crippen LogP contribution < -0.4 is 16.0 Å². The molecule has 1 atom stereocenters. The minimum absolute atomic E-state index is 0.0382. The van der Waals surface area contributed by atoms with Crippen LogP contribution >= 0.6 is 0 Å². The molecule has 2 saturated heterocycles. The summed E-state index contributed by atoms with van der Waals surface area (Å²) < 4.78 is 46.0. The number of amides is 4. The van der Waals surface area contributed by atoms with E-state index >= 15 is 0 Å². The molecule has 190 valence electrons. The Morgan fingerprint density at radius 2 is 1.60 bits per heavy atom. The second-order valence-corrected chi connectivity index (χ2v) is 8.07. The Morgan fingerprint density at radius 1 is 1.03 bits per heavy atom. The first-order valence-electron chi connectivity index (χ1n) is 10.7. The smallest absolute Gasteiger partial charge is 0.367 e. The van der Waals surface area contributed by atoms with E-state index in [9.17, 15) is 36.7 Å². The molecule has 10 nitrogen and oxygen atoms in total. The Morgan fingerprint density at radius 3 is 2.11 bits per heavy atom. The van der Waals surface area contributed by atoms with Crippen molar-refractivity contribution in [1.82, 2.24) is 15.1 Å². The van der Waals surface area contributed by atoms with E-state index in [4.69, 9.17) is 10.5 Å². The molecular weight excluding hydrogens is 478 g/mol. The van der Waals surface area contributed by atoms with Gasteiger partial charge in [-0.2, -0.15) is 13.2 Å². The van der Waals surface area contributed by atoms with Gasteiger partial charge in [0.25, 0.3) is 11.8 Å². The average molecular weight is 501 g/mol. The normalized spacial score (nSPS) is 20.9. The van der Waals surface area contributed by atoms with Gasteiger partial charge in [-0.3, -0.25) is 39.1 Å². The number of carbonyl (C=O) groups excluding carboxylic acids is 5. The van der Waals surface area contributed by atoms with Gasteiger partial charge in [-0.15, -0.1) is 0 Å². The molecule has 3 aliphatic rings. The summed E-state index contributed by atoms with van der Waals surface area (Å²) in [4.78, 5) is 62.7. The average Bonchev–Trinajstić information content (AvgIpc) is 3.03. The first kappa shape index (κ1) is 26.2. The van der Waals surface area contributed by atoms with Gasteiger partial charge in [0.1, 0.15) is 11.9 Å². The number of carbonyl (C=O) groups is 5. The molecule has 14 heteroatoms. The number of nitrogens with two attached hydrogens (primary N) is 1. The summed E-state index contributed by atoms with van der Waals surface area (Å²) in [5.41, 5.74) is 5.87. The van der Waals surface area contributed by atoms with Crippen molar-refractivity contribution in [2.75, 3.05) is 44.2 Å². The number of benzene rings is 1. The molecule has 0 aliphatic carbocycles. The number of imide groups is 2. The Bertz CT molecular complexity index is 1040. The molecule has 2 fully saturated rings. The van der Waals surface area contributed by atoms with Crippen LogP contribution in [0, 0.1) is 5.82 Å².